The molecule has 152 valence electrons. The molecular weight excluding hydrogens is 380 g/mol. The average molecular weight is 407 g/mol. The third kappa shape index (κ3) is 5.59. The molecule has 0 radical (unpaired) electrons. The predicted molar refractivity (Wildman–Crippen MR) is 108 cm³/mol. The van der Waals surface area contributed by atoms with Crippen LogP contribution in [0.15, 0.2) is 18.2 Å². The van der Waals surface area contributed by atoms with Crippen LogP contribution < -0.4 is 4.74 Å². The van der Waals surface area contributed by atoms with Gasteiger partial charge in [0.15, 0.2) is 5.75 Å². The van der Waals surface area contributed by atoms with Crippen LogP contribution in [-0.2, 0) is 10.5 Å². The van der Waals surface area contributed by atoms with Crippen molar-refractivity contribution in [2.75, 3.05) is 39.0 Å². The lowest BCUT2D eigenvalue weighted by molar-refractivity contribution is -0.385. The number of hydrogen-bond acceptors (Lipinski definition) is 7. The Hall–Kier alpha value is -2.31. The molecule has 1 aromatic rings. The van der Waals surface area contributed by atoms with E-state index in [1.54, 1.807) is 12.1 Å². The second-order valence-electron chi connectivity index (χ2n) is 6.99. The number of ether oxygens (including phenoxy) is 1. The number of nitrogens with zero attached hydrogens (tertiary/aromatic N) is 4. The average Bonchev–Trinajstić information content (AvgIpc) is 2.68. The first-order valence-corrected chi connectivity index (χ1v) is 10.3. The van der Waals surface area contributed by atoms with Gasteiger partial charge in [-0.15, -0.1) is 11.8 Å². The van der Waals surface area contributed by atoms with Crippen molar-refractivity contribution in [1.82, 2.24) is 9.80 Å². The van der Waals surface area contributed by atoms with E-state index in [2.05, 4.69) is 11.0 Å². The molecule has 1 aliphatic rings. The SMILES string of the molecule is COc1ccc(CSCC(=O)N2CCN(C(C#N)C(C)C)CC2)cc1[N+](=O)[O-]. The normalized spacial score (nSPS) is 15.9. The predicted octanol–water partition coefficient (Wildman–Crippen LogP) is 2.53. The second-order valence-corrected chi connectivity index (χ2v) is 7.98. The number of nitriles is 1. The number of methoxy groups -OCH3 is 1. The fourth-order valence-electron chi connectivity index (χ4n) is 3.22. The first-order valence-electron chi connectivity index (χ1n) is 9.17. The van der Waals surface area contributed by atoms with Crippen LogP contribution in [0.3, 0.4) is 0 Å². The fraction of sp³-hybridized carbons (Fsp3) is 0.579. The van der Waals surface area contributed by atoms with Gasteiger partial charge in [-0.3, -0.25) is 19.8 Å². The molecule has 0 N–H and O–H groups in total. The molecule has 1 unspecified atom stereocenters. The van der Waals surface area contributed by atoms with Crippen molar-refractivity contribution in [3.63, 3.8) is 0 Å². The Morgan fingerprint density at radius 3 is 2.57 bits per heavy atom. The van der Waals surface area contributed by atoms with E-state index in [4.69, 9.17) is 4.74 Å². The van der Waals surface area contributed by atoms with Crippen LogP contribution in [0.5, 0.6) is 5.75 Å². The molecule has 1 amide bonds. The largest absolute Gasteiger partial charge is 0.490 e. The molecule has 2 rings (SSSR count). The van der Waals surface area contributed by atoms with Gasteiger partial charge >= 0.3 is 5.69 Å². The lowest BCUT2D eigenvalue weighted by atomic mass is 10.0. The molecule has 9 heteroatoms. The third-order valence-electron chi connectivity index (χ3n) is 4.76. The third-order valence-corrected chi connectivity index (χ3v) is 5.75. The Labute approximate surface area is 169 Å². The number of hydrogen-bond donors (Lipinski definition) is 0. The Balaban J connectivity index is 1.82. The van der Waals surface area contributed by atoms with Gasteiger partial charge in [0, 0.05) is 38.0 Å². The zero-order valence-corrected chi connectivity index (χ0v) is 17.3. The summed E-state index contributed by atoms with van der Waals surface area (Å²) in [6, 6.07) is 7.08. The Morgan fingerprint density at radius 1 is 1.36 bits per heavy atom. The van der Waals surface area contributed by atoms with Crippen molar-refractivity contribution in [3.05, 3.63) is 33.9 Å². The summed E-state index contributed by atoms with van der Waals surface area (Å²) in [4.78, 5) is 27.0. The monoisotopic (exact) mass is 406 g/mol. The standard InChI is InChI=1S/C19H26N4O4S/c1-14(2)17(11-20)21-6-8-22(9-7-21)19(24)13-28-12-15-4-5-18(27-3)16(10-15)23(25)26/h4-5,10,14,17H,6-9,12-13H2,1-3H3. The van der Waals surface area contributed by atoms with E-state index in [-0.39, 0.29) is 29.3 Å². The Kier molecular flexibility index (Phi) is 8.08. The van der Waals surface area contributed by atoms with E-state index in [1.807, 2.05) is 18.7 Å². The summed E-state index contributed by atoms with van der Waals surface area (Å²) < 4.78 is 5.00. The van der Waals surface area contributed by atoms with Crippen LogP contribution in [0, 0.1) is 27.4 Å². The summed E-state index contributed by atoms with van der Waals surface area (Å²) in [6.45, 7) is 6.72. The molecule has 1 atom stereocenters. The van der Waals surface area contributed by atoms with Crippen molar-refractivity contribution >= 4 is 23.4 Å². The minimum absolute atomic E-state index is 0.0608. The van der Waals surface area contributed by atoms with Gasteiger partial charge in [-0.05, 0) is 17.5 Å². The van der Waals surface area contributed by atoms with Crippen LogP contribution in [0.2, 0.25) is 0 Å². The molecule has 1 heterocycles. The van der Waals surface area contributed by atoms with Crippen LogP contribution in [0.4, 0.5) is 5.69 Å². The first-order chi connectivity index (χ1) is 13.4. The maximum absolute atomic E-state index is 12.4. The quantitative estimate of drug-likeness (QED) is 0.483. The molecular formula is C19H26N4O4S. The molecule has 0 saturated carbocycles. The summed E-state index contributed by atoms with van der Waals surface area (Å²) in [6.07, 6.45) is 0. The maximum Gasteiger partial charge on any atom is 0.311 e. The number of nitro groups is 1. The number of amides is 1. The summed E-state index contributed by atoms with van der Waals surface area (Å²) in [5, 5.41) is 20.4. The summed E-state index contributed by atoms with van der Waals surface area (Å²) in [5.41, 5.74) is 0.712. The number of carbonyl (C=O) groups is 1. The van der Waals surface area contributed by atoms with Gasteiger partial charge in [-0.1, -0.05) is 19.9 Å². The highest BCUT2D eigenvalue weighted by Crippen LogP contribution is 2.29. The minimum Gasteiger partial charge on any atom is -0.490 e. The molecule has 0 aromatic heterocycles. The van der Waals surface area contributed by atoms with Gasteiger partial charge in [0.25, 0.3) is 0 Å². The van der Waals surface area contributed by atoms with Gasteiger partial charge < -0.3 is 9.64 Å². The van der Waals surface area contributed by atoms with E-state index in [9.17, 15) is 20.2 Å². The molecule has 0 bridgehead atoms. The number of rotatable bonds is 8. The minimum atomic E-state index is -0.469. The highest BCUT2D eigenvalue weighted by molar-refractivity contribution is 7.99. The molecule has 0 aliphatic carbocycles. The van der Waals surface area contributed by atoms with Gasteiger partial charge in [0.05, 0.1) is 23.9 Å². The second kappa shape index (κ2) is 10.3. The number of carbonyl (C=O) groups excluding carboxylic acids is 1. The Bertz CT molecular complexity index is 742. The molecule has 8 nitrogen and oxygen atoms in total. The lowest BCUT2D eigenvalue weighted by Gasteiger charge is -2.38. The van der Waals surface area contributed by atoms with E-state index >= 15 is 0 Å². The number of benzene rings is 1. The van der Waals surface area contributed by atoms with Crippen molar-refractivity contribution in [3.8, 4) is 11.8 Å². The Morgan fingerprint density at radius 2 is 2.04 bits per heavy atom. The van der Waals surface area contributed by atoms with Crippen molar-refractivity contribution < 1.29 is 14.5 Å². The van der Waals surface area contributed by atoms with Gasteiger partial charge in [0.2, 0.25) is 5.91 Å². The van der Waals surface area contributed by atoms with E-state index < -0.39 is 4.92 Å². The van der Waals surface area contributed by atoms with E-state index in [1.165, 1.54) is 24.9 Å². The lowest BCUT2D eigenvalue weighted by Crippen LogP contribution is -2.53. The summed E-state index contributed by atoms with van der Waals surface area (Å²) in [7, 11) is 1.40. The number of piperazine rings is 1. The van der Waals surface area contributed by atoms with Crippen LogP contribution in [-0.4, -0.2) is 65.7 Å². The maximum atomic E-state index is 12.4. The smallest absolute Gasteiger partial charge is 0.311 e. The fourth-order valence-corrected chi connectivity index (χ4v) is 4.09. The first kappa shape index (κ1) is 22.0. The zero-order chi connectivity index (χ0) is 20.7. The molecule has 1 aliphatic heterocycles. The summed E-state index contributed by atoms with van der Waals surface area (Å²) >= 11 is 1.44. The van der Waals surface area contributed by atoms with E-state index in [0.29, 0.717) is 37.7 Å². The molecule has 1 aromatic carbocycles. The highest BCUT2D eigenvalue weighted by atomic mass is 32.2. The van der Waals surface area contributed by atoms with Gasteiger partial charge in [0.1, 0.15) is 6.04 Å². The molecule has 0 spiro atoms. The van der Waals surface area contributed by atoms with Crippen molar-refractivity contribution in [2.45, 2.75) is 25.6 Å². The highest BCUT2D eigenvalue weighted by Gasteiger charge is 2.27. The zero-order valence-electron chi connectivity index (χ0n) is 16.5. The topological polar surface area (TPSA) is 99.7 Å². The molecule has 28 heavy (non-hydrogen) atoms. The molecule has 1 fully saturated rings. The van der Waals surface area contributed by atoms with Crippen molar-refractivity contribution in [1.29, 1.82) is 5.26 Å². The van der Waals surface area contributed by atoms with E-state index in [0.717, 1.165) is 5.56 Å². The van der Waals surface area contributed by atoms with Crippen LogP contribution >= 0.6 is 11.8 Å². The molecule has 1 saturated heterocycles. The number of nitro benzene ring substituents is 1. The van der Waals surface area contributed by atoms with Crippen LogP contribution in [0.1, 0.15) is 19.4 Å². The van der Waals surface area contributed by atoms with Crippen LogP contribution in [0.25, 0.3) is 0 Å². The number of thioether (sulfide) groups is 1. The van der Waals surface area contributed by atoms with Gasteiger partial charge in [-0.25, -0.2) is 0 Å². The van der Waals surface area contributed by atoms with Crippen molar-refractivity contribution in [2.24, 2.45) is 5.92 Å². The summed E-state index contributed by atoms with van der Waals surface area (Å²) in [5.74, 6) is 1.39. The van der Waals surface area contributed by atoms with Gasteiger partial charge in [-0.2, -0.15) is 5.26 Å².